The number of halogens is 1. The van der Waals surface area contributed by atoms with Crippen molar-refractivity contribution in [1.29, 1.82) is 0 Å². The summed E-state index contributed by atoms with van der Waals surface area (Å²) in [7, 11) is 0. The summed E-state index contributed by atoms with van der Waals surface area (Å²) in [6.07, 6.45) is 3.21. The molecular weight excluding hydrogens is 297 g/mol. The molecule has 3 rings (SSSR count). The Kier molecular flexibility index (Phi) is 4.09. The molecule has 116 valence electrons. The van der Waals surface area contributed by atoms with Gasteiger partial charge >= 0.3 is 0 Å². The summed E-state index contributed by atoms with van der Waals surface area (Å²) in [4.78, 5) is 20.3. The second-order valence-corrected chi connectivity index (χ2v) is 5.00. The molecular formula is C16H14FN5O. The van der Waals surface area contributed by atoms with Crippen LogP contribution in [-0.4, -0.2) is 25.7 Å². The van der Waals surface area contributed by atoms with Crippen LogP contribution in [0.3, 0.4) is 0 Å². The van der Waals surface area contributed by atoms with Gasteiger partial charge in [-0.25, -0.2) is 14.1 Å². The molecule has 2 aromatic heterocycles. The first-order valence-electron chi connectivity index (χ1n) is 6.99. The number of aromatic nitrogens is 4. The van der Waals surface area contributed by atoms with E-state index in [2.05, 4.69) is 20.4 Å². The zero-order valence-electron chi connectivity index (χ0n) is 12.4. The van der Waals surface area contributed by atoms with Crippen molar-refractivity contribution in [3.63, 3.8) is 0 Å². The fraction of sp³-hybridized carbons (Fsp3) is 0.125. The number of hydrogen-bond donors (Lipinski definition) is 1. The lowest BCUT2D eigenvalue weighted by molar-refractivity contribution is 0.102. The van der Waals surface area contributed by atoms with Crippen molar-refractivity contribution in [2.24, 2.45) is 0 Å². The Morgan fingerprint density at radius 3 is 2.87 bits per heavy atom. The Morgan fingerprint density at radius 2 is 2.13 bits per heavy atom. The minimum atomic E-state index is -0.385. The van der Waals surface area contributed by atoms with Crippen molar-refractivity contribution in [3.05, 3.63) is 71.6 Å². The first-order chi connectivity index (χ1) is 11.1. The molecule has 7 heteroatoms. The van der Waals surface area contributed by atoms with Crippen LogP contribution in [0.2, 0.25) is 0 Å². The molecule has 2 heterocycles. The highest BCUT2D eigenvalue weighted by atomic mass is 19.1. The third-order valence-electron chi connectivity index (χ3n) is 3.23. The van der Waals surface area contributed by atoms with Crippen LogP contribution in [0.5, 0.6) is 0 Å². The molecule has 0 spiro atoms. The Labute approximate surface area is 132 Å². The first kappa shape index (κ1) is 14.8. The van der Waals surface area contributed by atoms with Gasteiger partial charge < -0.3 is 0 Å². The number of carbonyl (C=O) groups excluding carboxylic acids is 1. The summed E-state index contributed by atoms with van der Waals surface area (Å²) in [5, 5.41) is 6.76. The molecule has 0 saturated heterocycles. The maximum atomic E-state index is 13.2. The number of anilines is 1. The smallest absolute Gasteiger partial charge is 0.258 e. The molecule has 6 nitrogen and oxygen atoms in total. The Hall–Kier alpha value is -3.09. The van der Waals surface area contributed by atoms with Crippen molar-refractivity contribution < 1.29 is 9.18 Å². The molecule has 0 radical (unpaired) electrons. The number of carbonyl (C=O) groups is 1. The summed E-state index contributed by atoms with van der Waals surface area (Å²) in [5.41, 5.74) is 1.60. The van der Waals surface area contributed by atoms with Gasteiger partial charge in [0.15, 0.2) is 0 Å². The topological polar surface area (TPSA) is 72.7 Å². The van der Waals surface area contributed by atoms with Crippen molar-refractivity contribution in [2.45, 2.75) is 13.5 Å². The lowest BCUT2D eigenvalue weighted by atomic mass is 10.1. The fourth-order valence-electron chi connectivity index (χ4n) is 2.05. The van der Waals surface area contributed by atoms with Gasteiger partial charge in [-0.1, -0.05) is 6.07 Å². The molecule has 0 atom stereocenters. The number of pyridine rings is 1. The van der Waals surface area contributed by atoms with Gasteiger partial charge in [0.2, 0.25) is 5.95 Å². The van der Waals surface area contributed by atoms with E-state index in [-0.39, 0.29) is 17.7 Å². The molecule has 1 amide bonds. The predicted octanol–water partition coefficient (Wildman–Crippen LogP) is 2.42. The van der Waals surface area contributed by atoms with E-state index in [0.29, 0.717) is 17.7 Å². The summed E-state index contributed by atoms with van der Waals surface area (Å²) in [6.45, 7) is 2.06. The van der Waals surface area contributed by atoms with E-state index in [1.54, 1.807) is 17.8 Å². The molecule has 1 aromatic carbocycles. The predicted molar refractivity (Wildman–Crippen MR) is 82.5 cm³/mol. The number of nitrogens with one attached hydrogen (secondary N) is 1. The maximum absolute atomic E-state index is 13.2. The number of benzene rings is 1. The van der Waals surface area contributed by atoms with Gasteiger partial charge in [0.25, 0.3) is 5.91 Å². The van der Waals surface area contributed by atoms with Crippen molar-refractivity contribution in [1.82, 2.24) is 19.7 Å². The van der Waals surface area contributed by atoms with E-state index < -0.39 is 0 Å². The van der Waals surface area contributed by atoms with E-state index >= 15 is 0 Å². The Balaban J connectivity index is 1.68. The highest BCUT2D eigenvalue weighted by Gasteiger charge is 2.11. The molecule has 0 fully saturated rings. The van der Waals surface area contributed by atoms with Crippen LogP contribution >= 0.6 is 0 Å². The molecule has 0 unspecified atom stereocenters. The summed E-state index contributed by atoms with van der Waals surface area (Å²) in [6, 6.07) is 9.76. The average molecular weight is 311 g/mol. The van der Waals surface area contributed by atoms with E-state index in [9.17, 15) is 9.18 Å². The van der Waals surface area contributed by atoms with Crippen LogP contribution in [-0.2, 0) is 6.54 Å². The first-order valence-corrected chi connectivity index (χ1v) is 6.99. The summed E-state index contributed by atoms with van der Waals surface area (Å²) >= 11 is 0. The quantitative estimate of drug-likeness (QED) is 0.803. The average Bonchev–Trinajstić information content (AvgIpc) is 2.98. The summed E-state index contributed by atoms with van der Waals surface area (Å²) < 4.78 is 14.8. The van der Waals surface area contributed by atoms with Crippen molar-refractivity contribution >= 4 is 11.9 Å². The molecule has 0 aliphatic carbocycles. The minimum Gasteiger partial charge on any atom is -0.289 e. The maximum Gasteiger partial charge on any atom is 0.258 e. The highest BCUT2D eigenvalue weighted by Crippen LogP contribution is 2.11. The van der Waals surface area contributed by atoms with Crippen LogP contribution < -0.4 is 5.32 Å². The van der Waals surface area contributed by atoms with Gasteiger partial charge in [-0.2, -0.15) is 0 Å². The van der Waals surface area contributed by atoms with E-state index in [0.717, 1.165) is 5.69 Å². The van der Waals surface area contributed by atoms with Crippen molar-refractivity contribution in [2.75, 3.05) is 5.32 Å². The van der Waals surface area contributed by atoms with E-state index in [4.69, 9.17) is 0 Å². The fourth-order valence-corrected chi connectivity index (χ4v) is 2.05. The van der Waals surface area contributed by atoms with Gasteiger partial charge in [-0.3, -0.25) is 15.1 Å². The van der Waals surface area contributed by atoms with Crippen LogP contribution in [0, 0.1) is 12.7 Å². The SMILES string of the molecule is Cc1cc(C(=O)Nc2ncn(Cc3ccccn3)n2)ccc1F. The van der Waals surface area contributed by atoms with E-state index in [1.165, 1.54) is 24.5 Å². The molecule has 0 saturated carbocycles. The molecule has 0 aliphatic rings. The third kappa shape index (κ3) is 3.57. The van der Waals surface area contributed by atoms with Gasteiger partial charge in [0, 0.05) is 11.8 Å². The second kappa shape index (κ2) is 6.35. The number of rotatable bonds is 4. The zero-order valence-corrected chi connectivity index (χ0v) is 12.4. The number of hydrogen-bond acceptors (Lipinski definition) is 4. The second-order valence-electron chi connectivity index (χ2n) is 5.00. The lowest BCUT2D eigenvalue weighted by Crippen LogP contribution is -2.14. The molecule has 0 aliphatic heterocycles. The standard InChI is InChI=1S/C16H14FN5O/c1-11-8-12(5-6-14(11)17)15(23)20-16-19-10-22(21-16)9-13-4-2-3-7-18-13/h2-8,10H,9H2,1H3,(H,20,21,23). The monoisotopic (exact) mass is 311 g/mol. The van der Waals surface area contributed by atoms with E-state index in [1.807, 2.05) is 18.2 Å². The van der Waals surface area contributed by atoms with Gasteiger partial charge in [0.1, 0.15) is 12.1 Å². The molecule has 0 bridgehead atoms. The van der Waals surface area contributed by atoms with Crippen molar-refractivity contribution in [3.8, 4) is 0 Å². The third-order valence-corrected chi connectivity index (χ3v) is 3.23. The number of amides is 1. The molecule has 1 N–H and O–H groups in total. The molecule has 23 heavy (non-hydrogen) atoms. The molecule has 3 aromatic rings. The van der Waals surface area contributed by atoms with Gasteiger partial charge in [-0.15, -0.1) is 5.10 Å². The van der Waals surface area contributed by atoms with Crippen LogP contribution in [0.15, 0.2) is 48.9 Å². The van der Waals surface area contributed by atoms with Crippen LogP contribution in [0.25, 0.3) is 0 Å². The number of aryl methyl sites for hydroxylation is 1. The lowest BCUT2D eigenvalue weighted by Gasteiger charge is -2.03. The highest BCUT2D eigenvalue weighted by molar-refractivity contribution is 6.03. The largest absolute Gasteiger partial charge is 0.289 e. The van der Waals surface area contributed by atoms with Gasteiger partial charge in [-0.05, 0) is 42.8 Å². The Morgan fingerprint density at radius 1 is 1.26 bits per heavy atom. The number of nitrogens with zero attached hydrogens (tertiary/aromatic N) is 4. The normalized spacial score (nSPS) is 10.5. The zero-order chi connectivity index (χ0) is 16.2. The van der Waals surface area contributed by atoms with Crippen LogP contribution in [0.1, 0.15) is 21.6 Å². The van der Waals surface area contributed by atoms with Crippen LogP contribution in [0.4, 0.5) is 10.3 Å². The van der Waals surface area contributed by atoms with Gasteiger partial charge in [0.05, 0.1) is 12.2 Å². The Bertz CT molecular complexity index is 831. The minimum absolute atomic E-state index is 0.188. The summed E-state index contributed by atoms with van der Waals surface area (Å²) in [5.74, 6) is -0.545.